The molecule has 86 valence electrons. The second kappa shape index (κ2) is 3.75. The van der Waals surface area contributed by atoms with E-state index in [1.807, 2.05) is 23.1 Å². The van der Waals surface area contributed by atoms with Gasteiger partial charge in [0.1, 0.15) is 0 Å². The predicted molar refractivity (Wildman–Crippen MR) is 65.9 cm³/mol. The number of para-hydroxylation sites is 1. The van der Waals surface area contributed by atoms with Gasteiger partial charge in [0.05, 0.1) is 5.54 Å². The molecule has 1 amide bonds. The van der Waals surface area contributed by atoms with Crippen molar-refractivity contribution in [2.45, 2.75) is 24.8 Å². The van der Waals surface area contributed by atoms with Crippen LogP contribution < -0.4 is 10.6 Å². The number of nitrogens with zero attached hydrogens (tertiary/aromatic N) is 1. The SMILES string of the molecule is Cl.NC1(C(=O)N2CCc3ccccc32)CC1. The molecule has 0 aromatic heterocycles. The molecule has 0 unspecified atom stereocenters. The lowest BCUT2D eigenvalue weighted by Crippen LogP contribution is -2.45. The van der Waals surface area contributed by atoms with Gasteiger partial charge in [-0.05, 0) is 30.9 Å². The number of halogens is 1. The molecule has 3 rings (SSSR count). The maximum atomic E-state index is 12.1. The van der Waals surface area contributed by atoms with Crippen molar-refractivity contribution in [1.29, 1.82) is 0 Å². The quantitative estimate of drug-likeness (QED) is 0.806. The summed E-state index contributed by atoms with van der Waals surface area (Å²) in [5, 5.41) is 0. The summed E-state index contributed by atoms with van der Waals surface area (Å²) < 4.78 is 0. The third-order valence-corrected chi connectivity index (χ3v) is 3.35. The first-order chi connectivity index (χ1) is 7.21. The highest BCUT2D eigenvalue weighted by atomic mass is 35.5. The van der Waals surface area contributed by atoms with Crippen molar-refractivity contribution in [1.82, 2.24) is 0 Å². The van der Waals surface area contributed by atoms with Crippen LogP contribution >= 0.6 is 12.4 Å². The Bertz CT molecular complexity index is 429. The van der Waals surface area contributed by atoms with Gasteiger partial charge >= 0.3 is 0 Å². The van der Waals surface area contributed by atoms with Gasteiger partial charge in [-0.25, -0.2) is 0 Å². The molecule has 3 nitrogen and oxygen atoms in total. The summed E-state index contributed by atoms with van der Waals surface area (Å²) >= 11 is 0. The Morgan fingerprint density at radius 3 is 2.69 bits per heavy atom. The van der Waals surface area contributed by atoms with Crippen molar-refractivity contribution in [2.24, 2.45) is 5.73 Å². The number of hydrogen-bond acceptors (Lipinski definition) is 2. The molecule has 0 atom stereocenters. The number of carbonyl (C=O) groups excluding carboxylic acids is 1. The third kappa shape index (κ3) is 1.60. The highest BCUT2D eigenvalue weighted by Crippen LogP contribution is 2.38. The van der Waals surface area contributed by atoms with E-state index in [-0.39, 0.29) is 18.3 Å². The van der Waals surface area contributed by atoms with Gasteiger partial charge in [0.2, 0.25) is 5.91 Å². The standard InChI is InChI=1S/C12H14N2O.ClH/c13-12(6-7-12)11(15)14-8-5-9-3-1-2-4-10(9)14;/h1-4H,5-8,13H2;1H. The molecule has 0 bridgehead atoms. The summed E-state index contributed by atoms with van der Waals surface area (Å²) in [6.07, 6.45) is 2.63. The Morgan fingerprint density at radius 1 is 1.31 bits per heavy atom. The topological polar surface area (TPSA) is 46.3 Å². The van der Waals surface area contributed by atoms with Crippen LogP contribution in [0.5, 0.6) is 0 Å². The van der Waals surface area contributed by atoms with Crippen LogP contribution in [0.25, 0.3) is 0 Å². The normalized spacial score (nSPS) is 19.9. The van der Waals surface area contributed by atoms with Gasteiger partial charge in [-0.1, -0.05) is 18.2 Å². The summed E-state index contributed by atoms with van der Waals surface area (Å²) in [4.78, 5) is 13.9. The molecule has 1 aliphatic heterocycles. The summed E-state index contributed by atoms with van der Waals surface area (Å²) in [6.45, 7) is 0.789. The van der Waals surface area contributed by atoms with Crippen LogP contribution in [-0.4, -0.2) is 18.0 Å². The minimum absolute atomic E-state index is 0. The lowest BCUT2D eigenvalue weighted by atomic mass is 10.2. The molecule has 2 aliphatic rings. The van der Waals surface area contributed by atoms with Gasteiger partial charge in [0, 0.05) is 12.2 Å². The number of nitrogens with two attached hydrogens (primary N) is 1. The largest absolute Gasteiger partial charge is 0.317 e. The van der Waals surface area contributed by atoms with E-state index in [4.69, 9.17) is 5.73 Å². The first kappa shape index (κ1) is 11.4. The summed E-state index contributed by atoms with van der Waals surface area (Å²) in [7, 11) is 0. The zero-order chi connectivity index (χ0) is 10.5. The Kier molecular flexibility index (Phi) is 2.68. The van der Waals surface area contributed by atoms with E-state index < -0.39 is 5.54 Å². The second-order valence-electron chi connectivity index (χ2n) is 4.49. The van der Waals surface area contributed by atoms with Crippen LogP contribution in [0, 0.1) is 0 Å². The molecule has 1 aliphatic carbocycles. The van der Waals surface area contributed by atoms with Gasteiger partial charge in [0.25, 0.3) is 0 Å². The van der Waals surface area contributed by atoms with Crippen molar-refractivity contribution in [2.75, 3.05) is 11.4 Å². The molecule has 16 heavy (non-hydrogen) atoms. The molecule has 1 fully saturated rings. The maximum Gasteiger partial charge on any atom is 0.247 e. The van der Waals surface area contributed by atoms with Crippen molar-refractivity contribution < 1.29 is 4.79 Å². The Hall–Kier alpha value is -1.06. The number of benzene rings is 1. The van der Waals surface area contributed by atoms with Crippen molar-refractivity contribution in [3.63, 3.8) is 0 Å². The average molecular weight is 239 g/mol. The number of amides is 1. The zero-order valence-electron chi connectivity index (χ0n) is 8.98. The fraction of sp³-hybridized carbons (Fsp3) is 0.417. The predicted octanol–water partition coefficient (Wildman–Crippen LogP) is 1.49. The zero-order valence-corrected chi connectivity index (χ0v) is 9.80. The molecule has 0 saturated heterocycles. The number of carbonyl (C=O) groups is 1. The summed E-state index contributed by atoms with van der Waals surface area (Å²) in [5.74, 6) is 0.104. The average Bonchev–Trinajstić information content (AvgIpc) is 2.87. The van der Waals surface area contributed by atoms with E-state index in [2.05, 4.69) is 6.07 Å². The van der Waals surface area contributed by atoms with E-state index in [0.717, 1.165) is 31.5 Å². The first-order valence-corrected chi connectivity index (χ1v) is 5.39. The van der Waals surface area contributed by atoms with Crippen LogP contribution in [0.4, 0.5) is 5.69 Å². The van der Waals surface area contributed by atoms with Gasteiger partial charge < -0.3 is 10.6 Å². The molecule has 1 aromatic rings. The lowest BCUT2D eigenvalue weighted by molar-refractivity contribution is -0.120. The highest BCUT2D eigenvalue weighted by Gasteiger charge is 2.49. The van der Waals surface area contributed by atoms with Crippen LogP contribution in [0.1, 0.15) is 18.4 Å². The van der Waals surface area contributed by atoms with E-state index in [1.54, 1.807) is 0 Å². The third-order valence-electron chi connectivity index (χ3n) is 3.35. The number of fused-ring (bicyclic) bond motifs is 1. The van der Waals surface area contributed by atoms with E-state index in [9.17, 15) is 4.79 Å². The molecule has 1 aromatic carbocycles. The second-order valence-corrected chi connectivity index (χ2v) is 4.49. The van der Waals surface area contributed by atoms with Gasteiger partial charge in [0.15, 0.2) is 0 Å². The van der Waals surface area contributed by atoms with Crippen LogP contribution in [0.3, 0.4) is 0 Å². The molecule has 1 heterocycles. The van der Waals surface area contributed by atoms with E-state index in [1.165, 1.54) is 5.56 Å². The number of anilines is 1. The molecule has 0 spiro atoms. The van der Waals surface area contributed by atoms with Crippen LogP contribution in [0.15, 0.2) is 24.3 Å². The molecule has 2 N–H and O–H groups in total. The van der Waals surface area contributed by atoms with Crippen LogP contribution in [0.2, 0.25) is 0 Å². The maximum absolute atomic E-state index is 12.1. The number of hydrogen-bond donors (Lipinski definition) is 1. The lowest BCUT2D eigenvalue weighted by Gasteiger charge is -2.20. The summed E-state index contributed by atoms with van der Waals surface area (Å²) in [5.41, 5.74) is 7.71. The summed E-state index contributed by atoms with van der Waals surface area (Å²) in [6, 6.07) is 8.08. The van der Waals surface area contributed by atoms with E-state index >= 15 is 0 Å². The van der Waals surface area contributed by atoms with Gasteiger partial charge in [-0.2, -0.15) is 0 Å². The fourth-order valence-corrected chi connectivity index (χ4v) is 2.17. The minimum atomic E-state index is -0.544. The van der Waals surface area contributed by atoms with Crippen molar-refractivity contribution in [3.05, 3.63) is 29.8 Å². The molecular formula is C12H15ClN2O. The van der Waals surface area contributed by atoms with Crippen molar-refractivity contribution >= 4 is 24.0 Å². The Morgan fingerprint density at radius 2 is 2.00 bits per heavy atom. The Balaban J connectivity index is 0.000000963. The van der Waals surface area contributed by atoms with Gasteiger partial charge in [-0.15, -0.1) is 12.4 Å². The highest BCUT2D eigenvalue weighted by molar-refractivity contribution is 6.03. The van der Waals surface area contributed by atoms with Crippen LogP contribution in [-0.2, 0) is 11.2 Å². The van der Waals surface area contributed by atoms with Crippen molar-refractivity contribution in [3.8, 4) is 0 Å². The van der Waals surface area contributed by atoms with E-state index in [0.29, 0.717) is 0 Å². The molecular weight excluding hydrogens is 224 g/mol. The monoisotopic (exact) mass is 238 g/mol. The number of rotatable bonds is 1. The van der Waals surface area contributed by atoms with Gasteiger partial charge in [-0.3, -0.25) is 4.79 Å². The first-order valence-electron chi connectivity index (χ1n) is 5.39. The molecule has 1 saturated carbocycles. The minimum Gasteiger partial charge on any atom is -0.317 e. The molecule has 0 radical (unpaired) electrons. The molecule has 4 heteroatoms. The smallest absolute Gasteiger partial charge is 0.247 e. The Labute approximate surface area is 101 Å². The fourth-order valence-electron chi connectivity index (χ4n) is 2.17.